The van der Waals surface area contributed by atoms with Gasteiger partial charge >= 0.3 is 5.97 Å². The Morgan fingerprint density at radius 3 is 2.32 bits per heavy atom. The molecule has 0 saturated heterocycles. The fraction of sp³-hybridized carbons (Fsp3) is 0.690. The number of aliphatic hydroxyl groups excluding tert-OH is 2. The number of rotatable bonds is 7. The molecule has 2 fully saturated rings. The van der Waals surface area contributed by atoms with Crippen LogP contribution in [-0.2, 0) is 21.6 Å². The number of aryl methyl sites for hydroxylation is 1. The Hall–Kier alpha value is -1.46. The number of ether oxygens (including phenoxy) is 1. The molecule has 34 heavy (non-hydrogen) atoms. The lowest BCUT2D eigenvalue weighted by atomic mass is 9.76. The Kier molecular flexibility index (Phi) is 7.74. The molecule has 4 nitrogen and oxygen atoms in total. The van der Waals surface area contributed by atoms with Gasteiger partial charge in [0.2, 0.25) is 0 Å². The van der Waals surface area contributed by atoms with E-state index in [0.29, 0.717) is 17.2 Å². The number of esters is 1. The van der Waals surface area contributed by atoms with Gasteiger partial charge in [0.05, 0.1) is 6.61 Å². The first-order valence-electron chi connectivity index (χ1n) is 13.2. The Labute approximate surface area is 209 Å². The quantitative estimate of drug-likeness (QED) is 0.391. The molecule has 0 bridgehead atoms. The molecule has 2 aliphatic carbocycles. The van der Waals surface area contributed by atoms with Gasteiger partial charge in [0.25, 0.3) is 0 Å². The minimum atomic E-state index is -0.548. The van der Waals surface area contributed by atoms with Crippen molar-refractivity contribution in [3.63, 3.8) is 0 Å². The SMILES string of the molecule is Cc1cc(SC2=C(O)CC(CCC3CCCC3)(C3CCCC3)OC2=O)c(C(C)(C)C)cc1CO. The number of benzene rings is 1. The molecule has 188 valence electrons. The van der Waals surface area contributed by atoms with Gasteiger partial charge in [-0.05, 0) is 72.6 Å². The van der Waals surface area contributed by atoms with Crippen molar-refractivity contribution in [1.82, 2.24) is 0 Å². The van der Waals surface area contributed by atoms with Crippen LogP contribution in [0.15, 0.2) is 27.7 Å². The molecule has 0 aromatic heterocycles. The molecule has 0 spiro atoms. The third kappa shape index (κ3) is 5.36. The highest BCUT2D eigenvalue weighted by molar-refractivity contribution is 8.04. The number of carbonyl (C=O) groups excluding carboxylic acids is 1. The first kappa shape index (κ1) is 25.6. The summed E-state index contributed by atoms with van der Waals surface area (Å²) in [7, 11) is 0. The van der Waals surface area contributed by atoms with E-state index < -0.39 is 5.60 Å². The van der Waals surface area contributed by atoms with Crippen LogP contribution in [-0.4, -0.2) is 21.8 Å². The van der Waals surface area contributed by atoms with Gasteiger partial charge in [-0.15, -0.1) is 0 Å². The zero-order chi connectivity index (χ0) is 24.5. The smallest absolute Gasteiger partial charge is 0.349 e. The van der Waals surface area contributed by atoms with E-state index in [1.165, 1.54) is 50.3 Å². The molecule has 1 unspecified atom stereocenters. The van der Waals surface area contributed by atoms with Crippen LogP contribution in [0.1, 0.15) is 108 Å². The van der Waals surface area contributed by atoms with Crippen LogP contribution in [0.4, 0.5) is 0 Å². The molecule has 1 heterocycles. The van der Waals surface area contributed by atoms with E-state index in [0.717, 1.165) is 53.2 Å². The van der Waals surface area contributed by atoms with Crippen LogP contribution in [0, 0.1) is 18.8 Å². The highest BCUT2D eigenvalue weighted by Gasteiger charge is 2.48. The van der Waals surface area contributed by atoms with Crippen LogP contribution in [0.2, 0.25) is 0 Å². The predicted molar refractivity (Wildman–Crippen MR) is 138 cm³/mol. The molecule has 2 N–H and O–H groups in total. The lowest BCUT2D eigenvalue weighted by molar-refractivity contribution is -0.166. The molecule has 2 saturated carbocycles. The number of hydrogen-bond acceptors (Lipinski definition) is 5. The first-order valence-corrected chi connectivity index (χ1v) is 14.0. The van der Waals surface area contributed by atoms with Gasteiger partial charge in [-0.1, -0.05) is 77.1 Å². The van der Waals surface area contributed by atoms with Crippen molar-refractivity contribution in [3.05, 3.63) is 39.5 Å². The lowest BCUT2D eigenvalue weighted by Gasteiger charge is -2.42. The molecule has 3 aliphatic rings. The summed E-state index contributed by atoms with van der Waals surface area (Å²) in [5.41, 5.74) is 2.23. The number of cyclic esters (lactones) is 1. The Balaban J connectivity index is 1.63. The monoisotopic (exact) mass is 486 g/mol. The summed E-state index contributed by atoms with van der Waals surface area (Å²) in [6, 6.07) is 4.07. The summed E-state index contributed by atoms with van der Waals surface area (Å²) >= 11 is 1.33. The van der Waals surface area contributed by atoms with Gasteiger partial charge in [0, 0.05) is 11.3 Å². The van der Waals surface area contributed by atoms with Gasteiger partial charge in [-0.2, -0.15) is 0 Å². The normalized spacial score (nSPS) is 24.8. The molecule has 0 amide bonds. The standard InChI is InChI=1S/C29H42O4S/c1-19-15-25(23(28(2,3)4)16-21(19)18-30)34-26-24(31)17-29(33-27(26)32,22-11-7-8-12-22)14-13-20-9-5-6-10-20/h15-16,20,22,30-31H,5-14,17-18H2,1-4H3. The summed E-state index contributed by atoms with van der Waals surface area (Å²) in [6.07, 6.45) is 12.2. The largest absolute Gasteiger partial charge is 0.511 e. The van der Waals surface area contributed by atoms with Crippen LogP contribution in [0.25, 0.3) is 0 Å². The maximum absolute atomic E-state index is 13.4. The Bertz CT molecular complexity index is 932. The van der Waals surface area contributed by atoms with Crippen molar-refractivity contribution in [2.75, 3.05) is 0 Å². The molecular formula is C29H42O4S. The van der Waals surface area contributed by atoms with Crippen LogP contribution >= 0.6 is 11.8 Å². The number of hydrogen-bond donors (Lipinski definition) is 2. The van der Waals surface area contributed by atoms with E-state index in [9.17, 15) is 15.0 Å². The van der Waals surface area contributed by atoms with Crippen molar-refractivity contribution in [3.8, 4) is 0 Å². The number of thioether (sulfide) groups is 1. The van der Waals surface area contributed by atoms with E-state index in [1.54, 1.807) is 0 Å². The maximum atomic E-state index is 13.4. The van der Waals surface area contributed by atoms with Crippen molar-refractivity contribution in [2.24, 2.45) is 11.8 Å². The average molecular weight is 487 g/mol. The first-order chi connectivity index (χ1) is 16.1. The molecule has 0 radical (unpaired) electrons. The van der Waals surface area contributed by atoms with Crippen LogP contribution in [0.3, 0.4) is 0 Å². The maximum Gasteiger partial charge on any atom is 0.349 e. The summed E-state index contributed by atoms with van der Waals surface area (Å²) in [6.45, 7) is 8.35. The van der Waals surface area contributed by atoms with E-state index in [1.807, 2.05) is 19.1 Å². The Morgan fingerprint density at radius 1 is 1.09 bits per heavy atom. The van der Waals surface area contributed by atoms with Gasteiger partial charge in [-0.3, -0.25) is 0 Å². The summed E-state index contributed by atoms with van der Waals surface area (Å²) < 4.78 is 6.36. The van der Waals surface area contributed by atoms with Gasteiger partial charge in [-0.25, -0.2) is 4.79 Å². The average Bonchev–Trinajstić information content (AvgIpc) is 3.49. The van der Waals surface area contributed by atoms with Gasteiger partial charge < -0.3 is 14.9 Å². The topological polar surface area (TPSA) is 66.8 Å². The highest BCUT2D eigenvalue weighted by Crippen LogP contribution is 2.50. The Morgan fingerprint density at radius 2 is 1.74 bits per heavy atom. The van der Waals surface area contributed by atoms with Crippen molar-refractivity contribution < 1.29 is 19.7 Å². The highest BCUT2D eigenvalue weighted by atomic mass is 32.2. The zero-order valence-electron chi connectivity index (χ0n) is 21.4. The van der Waals surface area contributed by atoms with Gasteiger partial charge in [0.1, 0.15) is 16.3 Å². The number of carbonyl (C=O) groups is 1. The number of aliphatic hydroxyl groups is 2. The van der Waals surface area contributed by atoms with Crippen LogP contribution < -0.4 is 0 Å². The third-order valence-corrected chi connectivity index (χ3v) is 9.55. The van der Waals surface area contributed by atoms with E-state index in [-0.39, 0.29) is 23.8 Å². The second kappa shape index (κ2) is 10.3. The minimum Gasteiger partial charge on any atom is -0.511 e. The molecule has 5 heteroatoms. The minimum absolute atomic E-state index is 0.0131. The fourth-order valence-electron chi connectivity index (χ4n) is 6.30. The summed E-state index contributed by atoms with van der Waals surface area (Å²) in [4.78, 5) is 14.7. The second-order valence-electron chi connectivity index (χ2n) is 11.9. The van der Waals surface area contributed by atoms with Crippen molar-refractivity contribution in [1.29, 1.82) is 0 Å². The zero-order valence-corrected chi connectivity index (χ0v) is 22.2. The second-order valence-corrected chi connectivity index (χ2v) is 12.9. The summed E-state index contributed by atoms with van der Waals surface area (Å²) in [5, 5.41) is 21.0. The summed E-state index contributed by atoms with van der Waals surface area (Å²) in [5.74, 6) is 0.920. The molecule has 1 atom stereocenters. The molecule has 1 aromatic carbocycles. The van der Waals surface area contributed by atoms with Crippen LogP contribution in [0.5, 0.6) is 0 Å². The van der Waals surface area contributed by atoms with E-state index >= 15 is 0 Å². The predicted octanol–water partition coefficient (Wildman–Crippen LogP) is 7.49. The molecule has 4 rings (SSSR count). The van der Waals surface area contributed by atoms with Gasteiger partial charge in [0.15, 0.2) is 0 Å². The van der Waals surface area contributed by atoms with E-state index in [4.69, 9.17) is 4.74 Å². The van der Waals surface area contributed by atoms with Crippen molar-refractivity contribution in [2.45, 2.75) is 121 Å². The fourth-order valence-corrected chi connectivity index (χ4v) is 7.54. The molecule has 1 aliphatic heterocycles. The molecular weight excluding hydrogens is 444 g/mol. The van der Waals surface area contributed by atoms with E-state index in [2.05, 4.69) is 20.8 Å². The lowest BCUT2D eigenvalue weighted by Crippen LogP contribution is -2.45. The third-order valence-electron chi connectivity index (χ3n) is 8.39. The molecule has 1 aromatic rings. The van der Waals surface area contributed by atoms with Crippen molar-refractivity contribution >= 4 is 17.7 Å².